The van der Waals surface area contributed by atoms with Crippen LogP contribution in [0, 0.1) is 0 Å². The van der Waals surface area contributed by atoms with E-state index in [1.54, 1.807) is 33.3 Å². The molecule has 0 bridgehead atoms. The minimum atomic E-state index is -0.944. The smallest absolute Gasteiger partial charge is 0.439 e. The highest BCUT2D eigenvalue weighted by Crippen LogP contribution is 2.08. The van der Waals surface area contributed by atoms with E-state index in [9.17, 15) is 14.4 Å². The van der Waals surface area contributed by atoms with Crippen LogP contribution >= 0.6 is 0 Å². The number of hydrogen-bond donors (Lipinski definition) is 0. The van der Waals surface area contributed by atoms with Gasteiger partial charge in [-0.05, 0) is 20.8 Å². The Morgan fingerprint density at radius 1 is 0.905 bits per heavy atom. The van der Waals surface area contributed by atoms with Crippen LogP contribution in [0.2, 0.25) is 0 Å². The lowest BCUT2D eigenvalue weighted by molar-refractivity contribution is 0.102. The fourth-order valence-electron chi connectivity index (χ4n) is 1.16. The summed E-state index contributed by atoms with van der Waals surface area (Å²) in [6, 6.07) is 0. The van der Waals surface area contributed by atoms with Gasteiger partial charge < -0.3 is 14.2 Å². The molecule has 0 heterocycles. The van der Waals surface area contributed by atoms with Crippen molar-refractivity contribution in [3.63, 3.8) is 0 Å². The largest absolute Gasteiger partial charge is 0.449 e. The zero-order valence-corrected chi connectivity index (χ0v) is 13.7. The van der Waals surface area contributed by atoms with Gasteiger partial charge in [-0.1, -0.05) is 0 Å². The highest BCUT2D eigenvalue weighted by molar-refractivity contribution is 8.10. The van der Waals surface area contributed by atoms with Gasteiger partial charge in [-0.3, -0.25) is 0 Å². The number of amides is 3. The van der Waals surface area contributed by atoms with Crippen molar-refractivity contribution in [2.24, 2.45) is 4.99 Å². The second-order valence-corrected chi connectivity index (χ2v) is 5.64. The van der Waals surface area contributed by atoms with Crippen molar-refractivity contribution in [1.82, 2.24) is 4.90 Å². The molecule has 0 spiro atoms. The number of carbonyl (C=O) groups excluding carboxylic acids is 3. The summed E-state index contributed by atoms with van der Waals surface area (Å²) in [7, 11) is -0.682. The van der Waals surface area contributed by atoms with E-state index in [4.69, 9.17) is 14.2 Å². The van der Waals surface area contributed by atoms with Gasteiger partial charge in [0.15, 0.2) is 0 Å². The zero-order valence-electron chi connectivity index (χ0n) is 12.9. The first-order chi connectivity index (χ1) is 9.88. The van der Waals surface area contributed by atoms with Crippen LogP contribution in [0.4, 0.5) is 14.4 Å². The number of carbonyl (C=O) groups is 3. The topological polar surface area (TPSA) is 94.5 Å². The van der Waals surface area contributed by atoms with Crippen LogP contribution in [0.3, 0.4) is 0 Å². The van der Waals surface area contributed by atoms with Crippen molar-refractivity contribution in [1.29, 1.82) is 0 Å². The lowest BCUT2D eigenvalue weighted by Gasteiger charge is -2.17. The average molecular weight is 321 g/mol. The fraction of sp³-hybridized carbons (Fsp3) is 0.667. The SMILES string of the molecule is CCOC(=O)N=C(N(C(=O)OCC)C(=O)OCC)[S+](C)C. The molecule has 0 aromatic heterocycles. The van der Waals surface area contributed by atoms with Crippen molar-refractivity contribution in [2.45, 2.75) is 20.8 Å². The molecule has 0 aliphatic carbocycles. The van der Waals surface area contributed by atoms with E-state index in [-0.39, 0.29) is 25.0 Å². The van der Waals surface area contributed by atoms with Crippen LogP contribution in [-0.2, 0) is 25.1 Å². The molecule has 0 atom stereocenters. The minimum Gasteiger partial charge on any atom is -0.449 e. The molecule has 0 fully saturated rings. The molecule has 3 amide bonds. The molecule has 0 N–H and O–H groups in total. The number of amidine groups is 1. The second kappa shape index (κ2) is 10.0. The molecule has 0 unspecified atom stereocenters. The molecule has 0 saturated carbocycles. The Balaban J connectivity index is 5.52. The Hall–Kier alpha value is -1.77. The number of ether oxygens (including phenoxy) is 3. The molecule has 0 rings (SSSR count). The summed E-state index contributed by atoms with van der Waals surface area (Å²) in [6.07, 6.45) is 0.625. The van der Waals surface area contributed by atoms with Crippen molar-refractivity contribution >= 4 is 34.3 Å². The van der Waals surface area contributed by atoms with Gasteiger partial charge in [0.2, 0.25) is 0 Å². The number of aliphatic imine (C=N–C) groups is 1. The van der Waals surface area contributed by atoms with E-state index in [2.05, 4.69) is 4.99 Å². The second-order valence-electron chi connectivity index (χ2n) is 3.64. The molecule has 21 heavy (non-hydrogen) atoms. The normalized spacial score (nSPS) is 11.0. The van der Waals surface area contributed by atoms with Gasteiger partial charge >= 0.3 is 23.4 Å². The Kier molecular flexibility index (Phi) is 9.18. The van der Waals surface area contributed by atoms with Crippen molar-refractivity contribution in [3.05, 3.63) is 0 Å². The van der Waals surface area contributed by atoms with Gasteiger partial charge in [-0.2, -0.15) is 0 Å². The number of imide groups is 1. The highest BCUT2D eigenvalue weighted by atomic mass is 32.2. The van der Waals surface area contributed by atoms with E-state index in [1.807, 2.05) is 0 Å². The minimum absolute atomic E-state index is 0.0645. The van der Waals surface area contributed by atoms with Crippen molar-refractivity contribution in [2.75, 3.05) is 32.3 Å². The molecule has 0 aromatic carbocycles. The van der Waals surface area contributed by atoms with Crippen LogP contribution in [0.25, 0.3) is 0 Å². The molecular weight excluding hydrogens is 300 g/mol. The molecule has 0 radical (unpaired) electrons. The molecule has 0 aliphatic heterocycles. The fourth-order valence-corrected chi connectivity index (χ4v) is 1.94. The number of nitrogens with zero attached hydrogens (tertiary/aromatic N) is 2. The van der Waals surface area contributed by atoms with Gasteiger partial charge in [-0.15, -0.1) is 9.89 Å². The molecule has 120 valence electrons. The van der Waals surface area contributed by atoms with Gasteiger partial charge in [0.25, 0.3) is 0 Å². The Bertz CT molecular complexity index is 393. The average Bonchev–Trinajstić information content (AvgIpc) is 2.38. The van der Waals surface area contributed by atoms with Crippen molar-refractivity contribution < 1.29 is 28.6 Å². The Morgan fingerprint density at radius 2 is 1.33 bits per heavy atom. The van der Waals surface area contributed by atoms with E-state index in [0.717, 1.165) is 0 Å². The van der Waals surface area contributed by atoms with Gasteiger partial charge in [0.1, 0.15) is 12.5 Å². The van der Waals surface area contributed by atoms with E-state index in [0.29, 0.717) is 4.90 Å². The van der Waals surface area contributed by atoms with Gasteiger partial charge in [-0.25, -0.2) is 14.4 Å². The lowest BCUT2D eigenvalue weighted by Crippen LogP contribution is -2.46. The standard InChI is InChI=1S/C12H21N2O6S/c1-6-18-10(15)13-9(21(4)5)14(11(16)19-7-2)12(17)20-8-3/h6-8H2,1-5H3/q+1. The van der Waals surface area contributed by atoms with Crippen LogP contribution in [0.1, 0.15) is 20.8 Å². The molecular formula is C12H21N2O6S+. The van der Waals surface area contributed by atoms with E-state index in [1.165, 1.54) is 0 Å². The van der Waals surface area contributed by atoms with Crippen LogP contribution < -0.4 is 0 Å². The maximum atomic E-state index is 11.9. The summed E-state index contributed by atoms with van der Waals surface area (Å²) in [5.41, 5.74) is 0. The molecule has 9 heteroatoms. The first kappa shape index (κ1) is 19.2. The van der Waals surface area contributed by atoms with E-state index >= 15 is 0 Å². The summed E-state index contributed by atoms with van der Waals surface area (Å²) >= 11 is 0. The third-order valence-electron chi connectivity index (χ3n) is 1.91. The molecule has 0 saturated heterocycles. The first-order valence-corrected chi connectivity index (χ1v) is 8.39. The third kappa shape index (κ3) is 6.48. The zero-order chi connectivity index (χ0) is 16.4. The van der Waals surface area contributed by atoms with Gasteiger partial charge in [0, 0.05) is 0 Å². The molecule has 8 nitrogen and oxygen atoms in total. The maximum Gasteiger partial charge on any atom is 0.439 e. The quantitative estimate of drug-likeness (QED) is 0.341. The third-order valence-corrected chi connectivity index (χ3v) is 2.92. The summed E-state index contributed by atoms with van der Waals surface area (Å²) in [4.78, 5) is 39.6. The predicted octanol–water partition coefficient (Wildman–Crippen LogP) is 1.99. The summed E-state index contributed by atoms with van der Waals surface area (Å²) < 4.78 is 14.3. The van der Waals surface area contributed by atoms with E-state index < -0.39 is 29.2 Å². The summed E-state index contributed by atoms with van der Waals surface area (Å²) in [6.45, 7) is 5.10. The van der Waals surface area contributed by atoms with Crippen LogP contribution in [-0.4, -0.2) is 60.7 Å². The maximum absolute atomic E-state index is 11.9. The summed E-state index contributed by atoms with van der Waals surface area (Å²) in [5.74, 6) is 0. The Labute approximate surface area is 126 Å². The molecule has 0 aromatic rings. The summed E-state index contributed by atoms with van der Waals surface area (Å²) in [5, 5.41) is -0.0645. The molecule has 0 aliphatic rings. The monoisotopic (exact) mass is 321 g/mol. The predicted molar refractivity (Wildman–Crippen MR) is 79.6 cm³/mol. The number of hydrogen-bond acceptors (Lipinski definition) is 6. The first-order valence-electron chi connectivity index (χ1n) is 6.35. The number of rotatable bonds is 3. The Morgan fingerprint density at radius 3 is 1.67 bits per heavy atom. The van der Waals surface area contributed by atoms with Crippen LogP contribution in [0.15, 0.2) is 4.99 Å². The lowest BCUT2D eigenvalue weighted by atomic mass is 10.7. The van der Waals surface area contributed by atoms with Crippen molar-refractivity contribution in [3.8, 4) is 0 Å². The van der Waals surface area contributed by atoms with Crippen LogP contribution in [0.5, 0.6) is 0 Å². The van der Waals surface area contributed by atoms with Gasteiger partial charge in [0.05, 0.1) is 30.7 Å². The highest BCUT2D eigenvalue weighted by Gasteiger charge is 2.38.